The van der Waals surface area contributed by atoms with Gasteiger partial charge in [-0.15, -0.1) is 11.3 Å². The summed E-state index contributed by atoms with van der Waals surface area (Å²) in [6.45, 7) is 5.40. The van der Waals surface area contributed by atoms with E-state index in [1.54, 1.807) is 6.07 Å². The predicted octanol–water partition coefficient (Wildman–Crippen LogP) is 3.23. The van der Waals surface area contributed by atoms with Crippen LogP contribution >= 0.6 is 23.1 Å². The fraction of sp³-hybridized carbons (Fsp3) is 0.400. The van der Waals surface area contributed by atoms with Gasteiger partial charge >= 0.3 is 0 Å². The molecule has 3 rings (SSSR count). The van der Waals surface area contributed by atoms with E-state index in [0.29, 0.717) is 11.4 Å². The van der Waals surface area contributed by atoms with E-state index in [4.69, 9.17) is 0 Å². The topological polar surface area (TPSA) is 61.4 Å². The number of hydrogen-bond donors (Lipinski definition) is 2. The fourth-order valence-corrected chi connectivity index (χ4v) is 4.69. The number of benzene rings is 1. The number of thiophene rings is 1. The zero-order chi connectivity index (χ0) is 19.1. The highest BCUT2D eigenvalue weighted by atomic mass is 32.2. The largest absolute Gasteiger partial charge is 0.351 e. The van der Waals surface area contributed by atoms with E-state index in [-0.39, 0.29) is 11.8 Å². The molecule has 0 unspecified atom stereocenters. The van der Waals surface area contributed by atoms with Crippen molar-refractivity contribution in [3.05, 3.63) is 51.7 Å². The molecule has 1 aliphatic rings. The average molecular weight is 404 g/mol. The number of amides is 2. The van der Waals surface area contributed by atoms with Crippen LogP contribution in [0.4, 0.5) is 5.69 Å². The minimum absolute atomic E-state index is 0.0753. The molecule has 0 saturated carbocycles. The lowest BCUT2D eigenvalue weighted by Crippen LogP contribution is -2.34. The summed E-state index contributed by atoms with van der Waals surface area (Å²) in [6.07, 6.45) is 1.04. The van der Waals surface area contributed by atoms with Crippen molar-refractivity contribution in [2.24, 2.45) is 0 Å². The lowest BCUT2D eigenvalue weighted by Gasteiger charge is -2.26. The monoisotopic (exact) mass is 403 g/mol. The smallest absolute Gasteiger partial charge is 0.265 e. The Hall–Kier alpha value is -1.83. The maximum atomic E-state index is 12.4. The van der Waals surface area contributed by atoms with Gasteiger partial charge in [-0.05, 0) is 36.2 Å². The molecule has 0 radical (unpaired) electrons. The molecule has 0 spiro atoms. The van der Waals surface area contributed by atoms with Crippen molar-refractivity contribution in [2.45, 2.75) is 19.9 Å². The molecule has 5 nitrogen and oxygen atoms in total. The molecular formula is C20H25N3O2S2. The molecule has 27 heavy (non-hydrogen) atoms. The van der Waals surface area contributed by atoms with Crippen LogP contribution < -0.4 is 10.6 Å². The van der Waals surface area contributed by atoms with Gasteiger partial charge in [-0.1, -0.05) is 12.1 Å². The van der Waals surface area contributed by atoms with Crippen molar-refractivity contribution in [3.63, 3.8) is 0 Å². The van der Waals surface area contributed by atoms with Gasteiger partial charge < -0.3 is 15.5 Å². The molecule has 1 saturated heterocycles. The predicted molar refractivity (Wildman–Crippen MR) is 114 cm³/mol. The van der Waals surface area contributed by atoms with Gasteiger partial charge in [-0.25, -0.2) is 0 Å². The van der Waals surface area contributed by atoms with E-state index in [9.17, 15) is 9.59 Å². The first kappa shape index (κ1) is 19.9. The Balaban J connectivity index is 1.48. The van der Waals surface area contributed by atoms with E-state index in [0.717, 1.165) is 23.5 Å². The summed E-state index contributed by atoms with van der Waals surface area (Å²) >= 11 is 3.43. The number of nitrogens with one attached hydrogen (secondary N) is 2. The molecule has 1 aromatic heterocycles. The molecule has 2 heterocycles. The fourth-order valence-electron chi connectivity index (χ4n) is 2.87. The molecule has 0 aliphatic carbocycles. The molecule has 2 aromatic rings. The third-order valence-corrected chi connectivity index (χ3v) is 6.46. The van der Waals surface area contributed by atoms with Gasteiger partial charge in [0.15, 0.2) is 0 Å². The lowest BCUT2D eigenvalue weighted by molar-refractivity contribution is -0.119. The van der Waals surface area contributed by atoms with Crippen molar-refractivity contribution < 1.29 is 9.59 Å². The maximum Gasteiger partial charge on any atom is 0.265 e. The van der Waals surface area contributed by atoms with E-state index in [2.05, 4.69) is 27.7 Å². The molecule has 1 fully saturated rings. The number of carbonyl (C=O) groups excluding carboxylic acids is 2. The van der Waals surface area contributed by atoms with Crippen LogP contribution in [0.2, 0.25) is 0 Å². The molecule has 2 amide bonds. The summed E-state index contributed by atoms with van der Waals surface area (Å²) in [6, 6.07) is 11.8. The molecule has 2 N–H and O–H groups in total. The van der Waals surface area contributed by atoms with Gasteiger partial charge in [0.1, 0.15) is 0 Å². The lowest BCUT2D eigenvalue weighted by atomic mass is 10.1. The Morgan fingerprint density at radius 2 is 1.81 bits per heavy atom. The molecule has 144 valence electrons. The molecule has 1 aliphatic heterocycles. The van der Waals surface area contributed by atoms with Crippen molar-refractivity contribution in [1.82, 2.24) is 10.2 Å². The zero-order valence-corrected chi connectivity index (χ0v) is 17.1. The Bertz CT molecular complexity index is 768. The van der Waals surface area contributed by atoms with E-state index in [1.165, 1.54) is 48.4 Å². The van der Waals surface area contributed by atoms with E-state index < -0.39 is 0 Å². The van der Waals surface area contributed by atoms with Crippen LogP contribution in [0.3, 0.4) is 0 Å². The van der Waals surface area contributed by atoms with Crippen molar-refractivity contribution in [2.75, 3.05) is 36.5 Å². The number of anilines is 1. The highest BCUT2D eigenvalue weighted by Gasteiger charge is 2.11. The second kappa shape index (κ2) is 9.92. The Morgan fingerprint density at radius 1 is 1.07 bits per heavy atom. The quantitative estimate of drug-likeness (QED) is 0.745. The highest BCUT2D eigenvalue weighted by Crippen LogP contribution is 2.19. The van der Waals surface area contributed by atoms with Crippen LogP contribution in [-0.2, 0) is 17.8 Å². The van der Waals surface area contributed by atoms with Crippen LogP contribution in [0.5, 0.6) is 0 Å². The summed E-state index contributed by atoms with van der Waals surface area (Å²) in [5.74, 6) is 2.28. The minimum Gasteiger partial charge on any atom is -0.351 e. The molecule has 0 bridgehead atoms. The van der Waals surface area contributed by atoms with Gasteiger partial charge in [-0.3, -0.25) is 9.59 Å². The van der Waals surface area contributed by atoms with Crippen LogP contribution in [0.25, 0.3) is 0 Å². The third kappa shape index (κ3) is 6.37. The van der Waals surface area contributed by atoms with Crippen molar-refractivity contribution >= 4 is 40.6 Å². The van der Waals surface area contributed by atoms with Crippen LogP contribution in [0.1, 0.15) is 27.0 Å². The van der Waals surface area contributed by atoms with Gasteiger partial charge in [0.2, 0.25) is 5.91 Å². The van der Waals surface area contributed by atoms with Crippen LogP contribution in [0, 0.1) is 0 Å². The second-order valence-corrected chi connectivity index (χ2v) is 8.92. The number of rotatable bonds is 7. The third-order valence-electron chi connectivity index (χ3n) is 4.43. The first-order chi connectivity index (χ1) is 13.1. The number of hydrogen-bond acceptors (Lipinski definition) is 5. The summed E-state index contributed by atoms with van der Waals surface area (Å²) < 4.78 is 0. The number of nitrogens with zero attached hydrogens (tertiary/aromatic N) is 1. The number of carbonyl (C=O) groups is 2. The minimum atomic E-state index is -0.118. The van der Waals surface area contributed by atoms with Gasteiger partial charge in [0.05, 0.1) is 11.4 Å². The SMILES string of the molecule is CC(=O)NCc1ccc(C(=O)Nc2ccc(CCN3CCSCC3)cc2)s1. The summed E-state index contributed by atoms with van der Waals surface area (Å²) in [5, 5.41) is 5.68. The summed E-state index contributed by atoms with van der Waals surface area (Å²) in [7, 11) is 0. The van der Waals surface area contributed by atoms with Crippen LogP contribution in [-0.4, -0.2) is 47.9 Å². The second-order valence-electron chi connectivity index (χ2n) is 6.53. The van der Waals surface area contributed by atoms with Gasteiger partial charge in [0.25, 0.3) is 5.91 Å². The highest BCUT2D eigenvalue weighted by molar-refractivity contribution is 7.99. The normalized spacial score (nSPS) is 14.7. The Kier molecular flexibility index (Phi) is 7.32. The van der Waals surface area contributed by atoms with Crippen molar-refractivity contribution in [3.8, 4) is 0 Å². The van der Waals surface area contributed by atoms with E-state index in [1.807, 2.05) is 30.0 Å². The molecule has 7 heteroatoms. The zero-order valence-electron chi connectivity index (χ0n) is 15.5. The molecule has 0 atom stereocenters. The van der Waals surface area contributed by atoms with Crippen LogP contribution in [0.15, 0.2) is 36.4 Å². The summed E-state index contributed by atoms with van der Waals surface area (Å²) in [4.78, 5) is 27.5. The Labute approximate surface area is 168 Å². The molecular weight excluding hydrogens is 378 g/mol. The van der Waals surface area contributed by atoms with Crippen molar-refractivity contribution in [1.29, 1.82) is 0 Å². The standard InChI is InChI=1S/C20H25N3O2S2/c1-15(24)21-14-18-6-7-19(27-18)20(25)22-17-4-2-16(3-5-17)8-9-23-10-12-26-13-11-23/h2-7H,8-14H2,1H3,(H,21,24)(H,22,25). The van der Waals surface area contributed by atoms with Gasteiger partial charge in [-0.2, -0.15) is 11.8 Å². The average Bonchev–Trinajstić information content (AvgIpc) is 3.16. The maximum absolute atomic E-state index is 12.4. The Morgan fingerprint density at radius 3 is 2.52 bits per heavy atom. The number of thioether (sulfide) groups is 1. The van der Waals surface area contributed by atoms with Gasteiger partial charge in [0, 0.05) is 48.6 Å². The molecule has 1 aromatic carbocycles. The van der Waals surface area contributed by atoms with E-state index >= 15 is 0 Å². The summed E-state index contributed by atoms with van der Waals surface area (Å²) in [5.41, 5.74) is 2.09. The first-order valence-corrected chi connectivity index (χ1v) is 11.1. The first-order valence-electron chi connectivity index (χ1n) is 9.14.